The van der Waals surface area contributed by atoms with Crippen molar-refractivity contribution in [2.24, 2.45) is 0 Å². The molecule has 2 aromatic rings. The van der Waals surface area contributed by atoms with Gasteiger partial charge in [-0.05, 0) is 30.4 Å². The van der Waals surface area contributed by atoms with Crippen LogP contribution in [0.2, 0.25) is 0 Å². The molecule has 7 heteroatoms. The minimum Gasteiger partial charge on any atom is -0.462 e. The van der Waals surface area contributed by atoms with Gasteiger partial charge in [0.1, 0.15) is 11.5 Å². The first-order chi connectivity index (χ1) is 13.0. The number of hydrogen-bond acceptors (Lipinski definition) is 5. The minimum atomic E-state index is -0.346. The monoisotopic (exact) mass is 405 g/mol. The number of thioether (sulfide) groups is 1. The van der Waals surface area contributed by atoms with Crippen molar-refractivity contribution in [3.05, 3.63) is 45.8 Å². The lowest BCUT2D eigenvalue weighted by atomic mass is 10.0. The number of thiophene rings is 1. The highest BCUT2D eigenvalue weighted by molar-refractivity contribution is 7.99. The molecule has 0 spiro atoms. The Kier molecular flexibility index (Phi) is 6.57. The second-order valence-electron chi connectivity index (χ2n) is 6.45. The molecule has 1 aliphatic rings. The van der Waals surface area contributed by atoms with Crippen molar-refractivity contribution < 1.29 is 19.2 Å². The molecular formula is C20H25N2O3S2+. The Morgan fingerprint density at radius 2 is 2.07 bits per heavy atom. The van der Waals surface area contributed by atoms with Crippen molar-refractivity contribution in [1.29, 1.82) is 0 Å². The van der Waals surface area contributed by atoms with Crippen LogP contribution in [0.1, 0.15) is 45.0 Å². The number of nitrogens with one attached hydrogen (secondary N) is 2. The fourth-order valence-electron chi connectivity index (χ4n) is 3.23. The van der Waals surface area contributed by atoms with Crippen molar-refractivity contribution in [3.63, 3.8) is 0 Å². The highest BCUT2D eigenvalue weighted by Crippen LogP contribution is 2.36. The number of benzene rings is 1. The van der Waals surface area contributed by atoms with Gasteiger partial charge in [0.05, 0.1) is 36.2 Å². The summed E-state index contributed by atoms with van der Waals surface area (Å²) in [5, 5.41) is 3.60. The van der Waals surface area contributed by atoms with Gasteiger partial charge < -0.3 is 15.0 Å². The van der Waals surface area contributed by atoms with Crippen LogP contribution in [0, 0.1) is 0 Å². The minimum absolute atomic E-state index is 0.184. The number of carbonyl (C=O) groups excluding carboxylic acids is 2. The smallest absolute Gasteiger partial charge is 0.341 e. The molecule has 0 radical (unpaired) electrons. The van der Waals surface area contributed by atoms with Crippen LogP contribution in [0.5, 0.6) is 0 Å². The molecule has 0 saturated heterocycles. The number of ether oxygens (including phenoxy) is 1. The Balaban J connectivity index is 1.94. The Labute approximate surface area is 168 Å². The maximum Gasteiger partial charge on any atom is 0.341 e. The van der Waals surface area contributed by atoms with Crippen LogP contribution >= 0.6 is 23.1 Å². The average Bonchev–Trinajstić information content (AvgIpc) is 2.99. The van der Waals surface area contributed by atoms with Crippen LogP contribution in [-0.4, -0.2) is 37.8 Å². The van der Waals surface area contributed by atoms with E-state index in [1.54, 1.807) is 18.7 Å². The predicted molar refractivity (Wildman–Crippen MR) is 110 cm³/mol. The molecule has 0 saturated carbocycles. The van der Waals surface area contributed by atoms with Gasteiger partial charge in [0.15, 0.2) is 0 Å². The van der Waals surface area contributed by atoms with Gasteiger partial charge in [-0.15, -0.1) is 23.1 Å². The zero-order chi connectivity index (χ0) is 19.4. The van der Waals surface area contributed by atoms with Crippen molar-refractivity contribution in [2.75, 3.05) is 31.3 Å². The van der Waals surface area contributed by atoms with Crippen LogP contribution < -0.4 is 10.2 Å². The van der Waals surface area contributed by atoms with E-state index in [9.17, 15) is 9.59 Å². The molecule has 1 amide bonds. The SMILES string of the molecule is CCOC(=O)c1c(NC(=O)c2ccccc2SCC)sc2c1CC[NH+](C)C2. The van der Waals surface area contributed by atoms with E-state index < -0.39 is 0 Å². The van der Waals surface area contributed by atoms with Crippen LogP contribution in [0.25, 0.3) is 0 Å². The number of carbonyl (C=O) groups is 2. The zero-order valence-electron chi connectivity index (χ0n) is 15.9. The molecule has 1 aromatic carbocycles. The third-order valence-corrected chi connectivity index (χ3v) is 6.60. The number of quaternary nitrogens is 1. The van der Waals surface area contributed by atoms with E-state index in [0.717, 1.165) is 40.6 Å². The highest BCUT2D eigenvalue weighted by Gasteiger charge is 2.30. The molecule has 2 heterocycles. The normalized spacial score (nSPS) is 15.9. The van der Waals surface area contributed by atoms with E-state index in [0.29, 0.717) is 22.7 Å². The number of likely N-dealkylation sites (N-methyl/N-ethyl adjacent to an activating group) is 1. The van der Waals surface area contributed by atoms with Gasteiger partial charge >= 0.3 is 5.97 Å². The summed E-state index contributed by atoms with van der Waals surface area (Å²) in [6, 6.07) is 7.57. The van der Waals surface area contributed by atoms with Gasteiger partial charge in [0, 0.05) is 11.3 Å². The molecule has 5 nitrogen and oxygen atoms in total. The van der Waals surface area contributed by atoms with E-state index >= 15 is 0 Å². The van der Waals surface area contributed by atoms with E-state index in [1.807, 2.05) is 24.3 Å². The van der Waals surface area contributed by atoms with Gasteiger partial charge in [-0.3, -0.25) is 4.79 Å². The lowest BCUT2D eigenvalue weighted by Crippen LogP contribution is -3.08. The van der Waals surface area contributed by atoms with Gasteiger partial charge in [0.25, 0.3) is 5.91 Å². The third-order valence-electron chi connectivity index (χ3n) is 4.49. The molecule has 0 bridgehead atoms. The largest absolute Gasteiger partial charge is 0.462 e. The Bertz CT molecular complexity index is 848. The summed E-state index contributed by atoms with van der Waals surface area (Å²) in [7, 11) is 2.14. The van der Waals surface area contributed by atoms with Gasteiger partial charge in [0.2, 0.25) is 0 Å². The van der Waals surface area contributed by atoms with Crippen LogP contribution in [-0.2, 0) is 17.7 Å². The van der Waals surface area contributed by atoms with Gasteiger partial charge in [-0.2, -0.15) is 0 Å². The number of anilines is 1. The average molecular weight is 406 g/mol. The molecular weight excluding hydrogens is 380 g/mol. The van der Waals surface area contributed by atoms with Crippen molar-refractivity contribution in [3.8, 4) is 0 Å². The molecule has 1 atom stereocenters. The molecule has 3 rings (SSSR count). The number of fused-ring (bicyclic) bond motifs is 1. The summed E-state index contributed by atoms with van der Waals surface area (Å²) in [5.41, 5.74) is 2.21. The summed E-state index contributed by atoms with van der Waals surface area (Å²) in [4.78, 5) is 29.0. The Hall–Kier alpha value is -1.83. The molecule has 2 N–H and O–H groups in total. The number of hydrogen-bond donors (Lipinski definition) is 2. The van der Waals surface area contributed by atoms with E-state index in [-0.39, 0.29) is 11.9 Å². The second kappa shape index (κ2) is 8.91. The fraction of sp³-hybridized carbons (Fsp3) is 0.400. The van der Waals surface area contributed by atoms with E-state index in [1.165, 1.54) is 16.2 Å². The second-order valence-corrected chi connectivity index (χ2v) is 8.86. The molecule has 1 unspecified atom stereocenters. The molecule has 0 aliphatic carbocycles. The Morgan fingerprint density at radius 1 is 1.30 bits per heavy atom. The maximum atomic E-state index is 12.9. The van der Waals surface area contributed by atoms with Crippen LogP contribution in [0.4, 0.5) is 5.00 Å². The topological polar surface area (TPSA) is 59.8 Å². The first-order valence-electron chi connectivity index (χ1n) is 9.21. The third kappa shape index (κ3) is 4.36. The van der Waals surface area contributed by atoms with Gasteiger partial charge in [-0.25, -0.2) is 4.79 Å². The summed E-state index contributed by atoms with van der Waals surface area (Å²) >= 11 is 3.14. The van der Waals surface area contributed by atoms with Crippen molar-refractivity contribution in [1.82, 2.24) is 0 Å². The number of esters is 1. The summed E-state index contributed by atoms with van der Waals surface area (Å²) in [5.74, 6) is 0.360. The lowest BCUT2D eigenvalue weighted by molar-refractivity contribution is -0.895. The Morgan fingerprint density at radius 3 is 2.81 bits per heavy atom. The first kappa shape index (κ1) is 19.9. The van der Waals surface area contributed by atoms with Crippen LogP contribution in [0.3, 0.4) is 0 Å². The summed E-state index contributed by atoms with van der Waals surface area (Å²) < 4.78 is 5.27. The maximum absolute atomic E-state index is 12.9. The molecule has 0 fully saturated rings. The highest BCUT2D eigenvalue weighted by atomic mass is 32.2. The van der Waals surface area contributed by atoms with Crippen LogP contribution in [0.15, 0.2) is 29.2 Å². The van der Waals surface area contributed by atoms with E-state index in [2.05, 4.69) is 19.3 Å². The number of rotatable bonds is 6. The summed E-state index contributed by atoms with van der Waals surface area (Å²) in [6.07, 6.45) is 0.823. The zero-order valence-corrected chi connectivity index (χ0v) is 17.5. The molecule has 1 aliphatic heterocycles. The van der Waals surface area contributed by atoms with Crippen molar-refractivity contribution in [2.45, 2.75) is 31.7 Å². The van der Waals surface area contributed by atoms with E-state index in [4.69, 9.17) is 4.74 Å². The first-order valence-corrected chi connectivity index (χ1v) is 11.0. The number of amides is 1. The molecule has 144 valence electrons. The summed E-state index contributed by atoms with van der Waals surface area (Å²) in [6.45, 7) is 6.01. The quantitative estimate of drug-likeness (QED) is 0.573. The fourth-order valence-corrected chi connectivity index (χ4v) is 5.38. The van der Waals surface area contributed by atoms with Gasteiger partial charge in [-0.1, -0.05) is 19.1 Å². The van der Waals surface area contributed by atoms with Crippen molar-refractivity contribution >= 4 is 40.0 Å². The standard InChI is InChI=1S/C20H24N2O3S2/c1-4-25-20(24)17-13-10-11-22(3)12-16(13)27-19(17)21-18(23)14-8-6-7-9-15(14)26-5-2/h6-9H,4-5,10-12H2,1-3H3,(H,21,23)/p+1. The lowest BCUT2D eigenvalue weighted by Gasteiger charge is -2.19. The predicted octanol–water partition coefficient (Wildman–Crippen LogP) is 2.86. The molecule has 1 aromatic heterocycles. The molecule has 27 heavy (non-hydrogen) atoms.